The molecule has 1 atom stereocenters. The van der Waals surface area contributed by atoms with Gasteiger partial charge in [-0.3, -0.25) is 4.98 Å². The fraction of sp³-hybridized carbons (Fsp3) is 0.643. The van der Waals surface area contributed by atoms with Crippen molar-refractivity contribution in [2.75, 3.05) is 13.6 Å². The van der Waals surface area contributed by atoms with Gasteiger partial charge in [-0.2, -0.15) is 0 Å². The molecule has 0 aliphatic rings. The van der Waals surface area contributed by atoms with E-state index in [0.717, 1.165) is 25.1 Å². The van der Waals surface area contributed by atoms with Crippen LogP contribution < -0.4 is 5.73 Å². The van der Waals surface area contributed by atoms with Crippen molar-refractivity contribution >= 4 is 0 Å². The molecule has 0 fully saturated rings. The highest BCUT2D eigenvalue weighted by Crippen LogP contribution is 2.19. The molecule has 0 saturated heterocycles. The molecule has 3 nitrogen and oxygen atoms in total. The lowest BCUT2D eigenvalue weighted by Gasteiger charge is -2.35. The van der Waals surface area contributed by atoms with Crippen LogP contribution >= 0.6 is 0 Å². The average molecular weight is 253 g/mol. The molecule has 1 aromatic rings. The lowest BCUT2D eigenvalue weighted by molar-refractivity contribution is 0.146. The molecule has 0 bridgehead atoms. The topological polar surface area (TPSA) is 42.1 Å². The molecule has 102 valence electrons. The van der Waals surface area contributed by atoms with Crippen LogP contribution in [0, 0.1) is 5.82 Å². The van der Waals surface area contributed by atoms with Crippen molar-refractivity contribution in [2.24, 2.45) is 5.73 Å². The molecule has 0 aliphatic heterocycles. The van der Waals surface area contributed by atoms with Gasteiger partial charge in [0.15, 0.2) is 0 Å². The highest BCUT2D eigenvalue weighted by Gasteiger charge is 2.21. The number of nitrogens with zero attached hydrogens (tertiary/aromatic N) is 2. The van der Waals surface area contributed by atoms with Crippen molar-refractivity contribution in [1.29, 1.82) is 0 Å². The number of aromatic nitrogens is 1. The van der Waals surface area contributed by atoms with Crippen molar-refractivity contribution in [2.45, 2.75) is 45.2 Å². The maximum atomic E-state index is 12.8. The Bertz CT molecular complexity index is 362. The molecule has 0 spiro atoms. The van der Waals surface area contributed by atoms with Crippen LogP contribution in [0.3, 0.4) is 0 Å². The fourth-order valence-electron chi connectivity index (χ4n) is 1.66. The maximum Gasteiger partial charge on any atom is 0.141 e. The van der Waals surface area contributed by atoms with E-state index in [9.17, 15) is 4.39 Å². The van der Waals surface area contributed by atoms with E-state index in [1.54, 1.807) is 6.07 Å². The SMILES string of the molecule is CCC(C)(C)N(C)CCC(N)c1ccc(F)cn1. The summed E-state index contributed by atoms with van der Waals surface area (Å²) in [4.78, 5) is 6.32. The van der Waals surface area contributed by atoms with Crippen molar-refractivity contribution in [3.05, 3.63) is 29.8 Å². The summed E-state index contributed by atoms with van der Waals surface area (Å²) >= 11 is 0. The predicted octanol–water partition coefficient (Wildman–Crippen LogP) is 2.73. The van der Waals surface area contributed by atoms with Gasteiger partial charge in [0.2, 0.25) is 0 Å². The van der Waals surface area contributed by atoms with Crippen molar-refractivity contribution in [1.82, 2.24) is 9.88 Å². The van der Waals surface area contributed by atoms with Gasteiger partial charge in [0.1, 0.15) is 5.82 Å². The van der Waals surface area contributed by atoms with E-state index in [1.807, 2.05) is 0 Å². The third kappa shape index (κ3) is 4.03. The normalized spacial score (nSPS) is 13.9. The third-order valence-corrected chi connectivity index (χ3v) is 3.80. The minimum absolute atomic E-state index is 0.138. The number of rotatable bonds is 6. The highest BCUT2D eigenvalue weighted by molar-refractivity contribution is 5.09. The van der Waals surface area contributed by atoms with Crippen LogP contribution in [-0.2, 0) is 0 Å². The number of nitrogens with two attached hydrogens (primary N) is 1. The summed E-state index contributed by atoms with van der Waals surface area (Å²) < 4.78 is 12.8. The summed E-state index contributed by atoms with van der Waals surface area (Å²) in [6.07, 6.45) is 3.13. The third-order valence-electron chi connectivity index (χ3n) is 3.80. The molecule has 4 heteroatoms. The van der Waals surface area contributed by atoms with Gasteiger partial charge in [-0.25, -0.2) is 4.39 Å². The first kappa shape index (κ1) is 15.1. The molecule has 2 N–H and O–H groups in total. The molecular weight excluding hydrogens is 229 g/mol. The van der Waals surface area contributed by atoms with Gasteiger partial charge < -0.3 is 10.6 Å². The molecular formula is C14H24FN3. The summed E-state index contributed by atoms with van der Waals surface area (Å²) in [6.45, 7) is 7.52. The Hall–Kier alpha value is -1.00. The minimum Gasteiger partial charge on any atom is -0.323 e. The summed E-state index contributed by atoms with van der Waals surface area (Å²) in [6, 6.07) is 2.92. The number of hydrogen-bond acceptors (Lipinski definition) is 3. The Balaban J connectivity index is 2.51. The van der Waals surface area contributed by atoms with Crippen LogP contribution in [0.1, 0.15) is 45.3 Å². The smallest absolute Gasteiger partial charge is 0.141 e. The second-order valence-corrected chi connectivity index (χ2v) is 5.38. The van der Waals surface area contributed by atoms with Crippen LogP contribution in [-0.4, -0.2) is 29.0 Å². The number of hydrogen-bond donors (Lipinski definition) is 1. The highest BCUT2D eigenvalue weighted by atomic mass is 19.1. The summed E-state index contributed by atoms with van der Waals surface area (Å²) in [5, 5.41) is 0. The number of pyridine rings is 1. The molecule has 0 amide bonds. The molecule has 0 aliphatic carbocycles. The van der Waals surface area contributed by atoms with Crippen LogP contribution in [0.15, 0.2) is 18.3 Å². The van der Waals surface area contributed by atoms with E-state index < -0.39 is 0 Å². The largest absolute Gasteiger partial charge is 0.323 e. The maximum absolute atomic E-state index is 12.8. The van der Waals surface area contributed by atoms with Crippen LogP contribution in [0.5, 0.6) is 0 Å². The number of halogens is 1. The molecule has 0 aromatic carbocycles. The summed E-state index contributed by atoms with van der Waals surface area (Å²) in [5.74, 6) is -0.324. The van der Waals surface area contributed by atoms with Gasteiger partial charge in [0.25, 0.3) is 0 Å². The first-order chi connectivity index (χ1) is 8.36. The predicted molar refractivity (Wildman–Crippen MR) is 72.7 cm³/mol. The Labute approximate surface area is 109 Å². The van der Waals surface area contributed by atoms with Crippen molar-refractivity contribution in [3.63, 3.8) is 0 Å². The second-order valence-electron chi connectivity index (χ2n) is 5.38. The lowest BCUT2D eigenvalue weighted by atomic mass is 9.99. The van der Waals surface area contributed by atoms with Gasteiger partial charge >= 0.3 is 0 Å². The Morgan fingerprint density at radius 1 is 1.44 bits per heavy atom. The zero-order valence-corrected chi connectivity index (χ0v) is 11.8. The Kier molecular flexibility index (Phi) is 5.23. The van der Waals surface area contributed by atoms with E-state index in [1.165, 1.54) is 12.3 Å². The molecule has 1 heterocycles. The molecule has 1 unspecified atom stereocenters. The van der Waals surface area contributed by atoms with E-state index in [4.69, 9.17) is 5.73 Å². The van der Waals surface area contributed by atoms with Gasteiger partial charge in [0, 0.05) is 18.1 Å². The van der Waals surface area contributed by atoms with E-state index >= 15 is 0 Å². The van der Waals surface area contributed by atoms with Crippen molar-refractivity contribution < 1.29 is 4.39 Å². The quantitative estimate of drug-likeness (QED) is 0.847. The molecule has 1 rings (SSSR count). The van der Waals surface area contributed by atoms with Crippen LogP contribution in [0.4, 0.5) is 4.39 Å². The lowest BCUT2D eigenvalue weighted by Crippen LogP contribution is -2.41. The van der Waals surface area contributed by atoms with Crippen LogP contribution in [0.2, 0.25) is 0 Å². The van der Waals surface area contributed by atoms with Gasteiger partial charge in [0.05, 0.1) is 11.9 Å². The molecule has 0 saturated carbocycles. The monoisotopic (exact) mass is 253 g/mol. The zero-order chi connectivity index (χ0) is 13.8. The van der Waals surface area contributed by atoms with Crippen molar-refractivity contribution in [3.8, 4) is 0 Å². The fourth-order valence-corrected chi connectivity index (χ4v) is 1.66. The Morgan fingerprint density at radius 3 is 2.61 bits per heavy atom. The molecule has 1 aromatic heterocycles. The van der Waals surface area contributed by atoms with E-state index in [0.29, 0.717) is 0 Å². The Morgan fingerprint density at radius 2 is 2.11 bits per heavy atom. The average Bonchev–Trinajstić information content (AvgIpc) is 2.36. The van der Waals surface area contributed by atoms with E-state index in [2.05, 4.69) is 37.7 Å². The summed E-state index contributed by atoms with van der Waals surface area (Å²) in [7, 11) is 2.11. The van der Waals surface area contributed by atoms with Gasteiger partial charge in [-0.05, 0) is 45.9 Å². The standard InChI is InChI=1S/C14H24FN3/c1-5-14(2,3)18(4)9-8-12(16)13-7-6-11(15)10-17-13/h6-7,10,12H,5,8-9,16H2,1-4H3. The summed E-state index contributed by atoms with van der Waals surface area (Å²) in [5.41, 5.74) is 6.99. The van der Waals surface area contributed by atoms with E-state index in [-0.39, 0.29) is 17.4 Å². The molecule has 0 radical (unpaired) electrons. The molecule has 18 heavy (non-hydrogen) atoms. The first-order valence-corrected chi connectivity index (χ1v) is 6.45. The van der Waals surface area contributed by atoms with Gasteiger partial charge in [-0.15, -0.1) is 0 Å². The first-order valence-electron chi connectivity index (χ1n) is 6.45. The van der Waals surface area contributed by atoms with Crippen LogP contribution in [0.25, 0.3) is 0 Å². The second kappa shape index (κ2) is 6.25. The minimum atomic E-state index is -0.324. The van der Waals surface area contributed by atoms with Gasteiger partial charge in [-0.1, -0.05) is 6.92 Å². The zero-order valence-electron chi connectivity index (χ0n) is 11.8.